The molecule has 3 N–H and O–H groups in total. The number of carbonyl (C=O) groups is 1. The zero-order chi connectivity index (χ0) is 8.57. The van der Waals surface area contributed by atoms with Crippen LogP contribution in [0.25, 0.3) is 0 Å². The van der Waals surface area contributed by atoms with Gasteiger partial charge in [0.2, 0.25) is 0 Å². The van der Waals surface area contributed by atoms with Crippen LogP contribution >= 0.6 is 0 Å². The Morgan fingerprint density at radius 3 is 1.90 bits per heavy atom. The topological polar surface area (TPSA) is 63.3 Å². The third-order valence-corrected chi connectivity index (χ3v) is 0.569. The lowest BCUT2D eigenvalue weighted by Crippen LogP contribution is -1.93. The van der Waals surface area contributed by atoms with E-state index in [1.165, 1.54) is 6.92 Å². The van der Waals surface area contributed by atoms with Gasteiger partial charge < -0.3 is 10.8 Å². The first-order valence-corrected chi connectivity index (χ1v) is 2.94. The van der Waals surface area contributed by atoms with Crippen molar-refractivity contribution in [3.05, 3.63) is 19.1 Å². The van der Waals surface area contributed by atoms with Gasteiger partial charge in [0, 0.05) is 5.57 Å². The van der Waals surface area contributed by atoms with Crippen molar-refractivity contribution >= 4 is 5.97 Å². The van der Waals surface area contributed by atoms with Gasteiger partial charge in [0.1, 0.15) is 0 Å². The van der Waals surface area contributed by atoms with Crippen molar-refractivity contribution < 1.29 is 9.90 Å². The Morgan fingerprint density at radius 1 is 1.70 bits per heavy atom. The van der Waals surface area contributed by atoms with Gasteiger partial charge in [0.05, 0.1) is 0 Å². The van der Waals surface area contributed by atoms with Crippen LogP contribution < -0.4 is 5.73 Å². The summed E-state index contributed by atoms with van der Waals surface area (Å²) < 4.78 is 0. The van der Waals surface area contributed by atoms with Gasteiger partial charge in [0.15, 0.2) is 0 Å². The van der Waals surface area contributed by atoms with Crippen molar-refractivity contribution in [2.75, 3.05) is 6.54 Å². The minimum absolute atomic E-state index is 0.176. The van der Waals surface area contributed by atoms with Crippen molar-refractivity contribution in [2.45, 2.75) is 13.3 Å². The van der Waals surface area contributed by atoms with E-state index < -0.39 is 5.97 Å². The quantitative estimate of drug-likeness (QED) is 0.564. The Kier molecular flexibility index (Phi) is 9.73. The Bertz CT molecular complexity index is 96.2. The molecule has 1 radical (unpaired) electrons. The molecule has 0 aromatic heterocycles. The zero-order valence-electron chi connectivity index (χ0n) is 6.26. The fourth-order valence-electron chi connectivity index (χ4n) is 0. The second-order valence-electron chi connectivity index (χ2n) is 1.73. The standard InChI is InChI=1S/C4H6O2.C3H8N/c1-3(2)4(5)6;1-2-3-4/h1H2,2H3,(H,5,6);1-4H2. The molecule has 0 aromatic carbocycles. The average molecular weight is 144 g/mol. The van der Waals surface area contributed by atoms with Gasteiger partial charge in [0.25, 0.3) is 0 Å². The molecule has 0 fully saturated rings. The van der Waals surface area contributed by atoms with E-state index in [0.29, 0.717) is 6.54 Å². The molecule has 3 heteroatoms. The maximum absolute atomic E-state index is 9.60. The van der Waals surface area contributed by atoms with E-state index >= 15 is 0 Å². The van der Waals surface area contributed by atoms with Crippen LogP contribution in [0.1, 0.15) is 13.3 Å². The maximum atomic E-state index is 9.60. The van der Waals surface area contributed by atoms with E-state index in [0.717, 1.165) is 6.42 Å². The summed E-state index contributed by atoms with van der Waals surface area (Å²) in [6.45, 7) is 8.79. The minimum atomic E-state index is -0.935. The molecule has 0 spiro atoms. The van der Waals surface area contributed by atoms with Crippen LogP contribution in [0.2, 0.25) is 0 Å². The fourth-order valence-corrected chi connectivity index (χ4v) is 0. The van der Waals surface area contributed by atoms with Gasteiger partial charge in [-0.1, -0.05) is 13.5 Å². The summed E-state index contributed by atoms with van der Waals surface area (Å²) in [7, 11) is 0. The summed E-state index contributed by atoms with van der Waals surface area (Å²) in [5.74, 6) is -0.935. The number of carboxylic acids is 1. The van der Waals surface area contributed by atoms with Crippen LogP contribution in [-0.2, 0) is 4.79 Å². The van der Waals surface area contributed by atoms with Gasteiger partial charge in [-0.25, -0.2) is 4.79 Å². The molecular weight excluding hydrogens is 130 g/mol. The molecule has 0 aliphatic rings. The lowest BCUT2D eigenvalue weighted by molar-refractivity contribution is -0.132. The lowest BCUT2D eigenvalue weighted by Gasteiger charge is -1.79. The average Bonchev–Trinajstić information content (AvgIpc) is 1.89. The summed E-state index contributed by atoms with van der Waals surface area (Å²) >= 11 is 0. The molecular formula is C7H14NO2. The highest BCUT2D eigenvalue weighted by Gasteiger charge is 1.90. The molecule has 0 bridgehead atoms. The van der Waals surface area contributed by atoms with Crippen molar-refractivity contribution in [1.29, 1.82) is 0 Å². The second kappa shape index (κ2) is 8.17. The summed E-state index contributed by atoms with van der Waals surface area (Å²) in [6.07, 6.45) is 0.847. The third-order valence-electron chi connectivity index (χ3n) is 0.569. The molecule has 59 valence electrons. The Labute approximate surface area is 61.5 Å². The predicted octanol–water partition coefficient (Wildman–Crippen LogP) is 0.816. The molecule has 0 rings (SSSR count). The summed E-state index contributed by atoms with van der Waals surface area (Å²) in [5, 5.41) is 7.89. The van der Waals surface area contributed by atoms with Gasteiger partial charge in [-0.05, 0) is 19.9 Å². The first-order chi connectivity index (χ1) is 4.56. The van der Waals surface area contributed by atoms with Crippen LogP contribution in [0.4, 0.5) is 0 Å². The summed E-state index contributed by atoms with van der Waals surface area (Å²) in [5.41, 5.74) is 5.14. The van der Waals surface area contributed by atoms with E-state index in [4.69, 9.17) is 10.8 Å². The maximum Gasteiger partial charge on any atom is 0.330 e. The number of hydrogen-bond acceptors (Lipinski definition) is 2. The Balaban J connectivity index is 0. The van der Waals surface area contributed by atoms with E-state index in [1.807, 2.05) is 0 Å². The van der Waals surface area contributed by atoms with E-state index in [2.05, 4.69) is 13.5 Å². The van der Waals surface area contributed by atoms with E-state index in [-0.39, 0.29) is 5.57 Å². The second-order valence-corrected chi connectivity index (χ2v) is 1.73. The van der Waals surface area contributed by atoms with Crippen LogP contribution in [-0.4, -0.2) is 17.6 Å². The van der Waals surface area contributed by atoms with Crippen molar-refractivity contribution in [3.63, 3.8) is 0 Å². The van der Waals surface area contributed by atoms with E-state index in [1.54, 1.807) is 0 Å². The smallest absolute Gasteiger partial charge is 0.330 e. The molecule has 0 aromatic rings. The number of carboxylic acid groups (broad SMARTS) is 1. The first-order valence-electron chi connectivity index (χ1n) is 2.94. The Morgan fingerprint density at radius 2 is 1.90 bits per heavy atom. The molecule has 0 heterocycles. The monoisotopic (exact) mass is 144 g/mol. The van der Waals surface area contributed by atoms with Crippen LogP contribution in [0.15, 0.2) is 12.2 Å². The van der Waals surface area contributed by atoms with Gasteiger partial charge in [-0.3, -0.25) is 0 Å². The zero-order valence-corrected chi connectivity index (χ0v) is 6.26. The molecule has 0 saturated heterocycles. The number of aliphatic carboxylic acids is 1. The normalized spacial score (nSPS) is 7.50. The largest absolute Gasteiger partial charge is 0.478 e. The summed E-state index contributed by atoms with van der Waals surface area (Å²) in [4.78, 5) is 9.60. The minimum Gasteiger partial charge on any atom is -0.478 e. The predicted molar refractivity (Wildman–Crippen MR) is 41.5 cm³/mol. The molecule has 0 unspecified atom stereocenters. The number of hydrogen-bond donors (Lipinski definition) is 2. The van der Waals surface area contributed by atoms with Gasteiger partial charge >= 0.3 is 5.97 Å². The lowest BCUT2D eigenvalue weighted by atomic mass is 10.4. The van der Waals surface area contributed by atoms with E-state index in [9.17, 15) is 4.79 Å². The molecule has 10 heavy (non-hydrogen) atoms. The van der Waals surface area contributed by atoms with Crippen LogP contribution in [0.5, 0.6) is 0 Å². The van der Waals surface area contributed by atoms with Gasteiger partial charge in [-0.15, -0.1) is 0 Å². The SMILES string of the molecule is C=C(C)C(=O)O.[CH2]CCN. The summed E-state index contributed by atoms with van der Waals surface area (Å²) in [6, 6.07) is 0. The molecule has 0 amide bonds. The van der Waals surface area contributed by atoms with Crippen LogP contribution in [0.3, 0.4) is 0 Å². The highest BCUT2D eigenvalue weighted by Crippen LogP contribution is 1.81. The molecule has 0 saturated carbocycles. The fraction of sp³-hybridized carbons (Fsp3) is 0.429. The molecule has 0 aliphatic carbocycles. The highest BCUT2D eigenvalue weighted by atomic mass is 16.4. The molecule has 0 atom stereocenters. The van der Waals surface area contributed by atoms with Crippen LogP contribution in [0, 0.1) is 6.92 Å². The third kappa shape index (κ3) is 15.7. The highest BCUT2D eigenvalue weighted by molar-refractivity contribution is 5.84. The Hall–Kier alpha value is -0.830. The number of nitrogens with two attached hydrogens (primary N) is 1. The molecule has 3 nitrogen and oxygen atoms in total. The van der Waals surface area contributed by atoms with Crippen molar-refractivity contribution in [2.24, 2.45) is 5.73 Å². The number of rotatable bonds is 2. The first kappa shape index (κ1) is 11.9. The van der Waals surface area contributed by atoms with Crippen molar-refractivity contribution in [1.82, 2.24) is 0 Å². The van der Waals surface area contributed by atoms with Crippen molar-refractivity contribution in [3.8, 4) is 0 Å². The van der Waals surface area contributed by atoms with Gasteiger partial charge in [-0.2, -0.15) is 0 Å². The molecule has 0 aliphatic heterocycles.